The smallest absolute Gasteiger partial charge is 0.417 e. The monoisotopic (exact) mass is 387 g/mol. The SMILES string of the molecule is COc1ccc(N=C(C)[O-])cc1NS(=O)(=O)c1ccccc1C(F)(F)F. The molecule has 0 bridgehead atoms. The summed E-state index contributed by atoms with van der Waals surface area (Å²) < 4.78 is 71.4. The molecule has 0 amide bonds. The number of sulfonamides is 1. The summed E-state index contributed by atoms with van der Waals surface area (Å²) in [5.74, 6) is -0.466. The van der Waals surface area contributed by atoms with Crippen molar-refractivity contribution in [2.45, 2.75) is 18.0 Å². The van der Waals surface area contributed by atoms with Gasteiger partial charge < -0.3 is 9.84 Å². The Morgan fingerprint density at radius 1 is 1.19 bits per heavy atom. The molecular weight excluding hydrogens is 373 g/mol. The van der Waals surface area contributed by atoms with E-state index in [4.69, 9.17) is 4.74 Å². The second-order valence-electron chi connectivity index (χ2n) is 5.11. The Morgan fingerprint density at radius 3 is 2.42 bits per heavy atom. The highest BCUT2D eigenvalue weighted by Gasteiger charge is 2.37. The van der Waals surface area contributed by atoms with Gasteiger partial charge in [0, 0.05) is 0 Å². The number of halogens is 3. The van der Waals surface area contributed by atoms with E-state index in [1.54, 1.807) is 0 Å². The maximum atomic E-state index is 13.1. The van der Waals surface area contributed by atoms with Gasteiger partial charge in [-0.3, -0.25) is 9.71 Å². The van der Waals surface area contributed by atoms with Gasteiger partial charge in [0.15, 0.2) is 0 Å². The number of hydrogen-bond acceptors (Lipinski definition) is 5. The fourth-order valence-electron chi connectivity index (χ4n) is 2.16. The number of hydrogen-bond donors (Lipinski definition) is 1. The van der Waals surface area contributed by atoms with E-state index in [9.17, 15) is 26.7 Å². The van der Waals surface area contributed by atoms with Gasteiger partial charge in [-0.05, 0) is 43.2 Å². The van der Waals surface area contributed by atoms with Crippen molar-refractivity contribution < 1.29 is 31.4 Å². The highest BCUT2D eigenvalue weighted by atomic mass is 32.2. The van der Waals surface area contributed by atoms with Gasteiger partial charge in [0.2, 0.25) is 0 Å². The summed E-state index contributed by atoms with van der Waals surface area (Å²) in [6.45, 7) is 1.20. The number of rotatable bonds is 5. The van der Waals surface area contributed by atoms with E-state index in [0.717, 1.165) is 12.1 Å². The zero-order chi connectivity index (χ0) is 19.5. The lowest BCUT2D eigenvalue weighted by Gasteiger charge is -2.16. The molecule has 26 heavy (non-hydrogen) atoms. The molecular formula is C16H14F3N2O4S-. The summed E-state index contributed by atoms with van der Waals surface area (Å²) in [5, 5.41) is 11.1. The molecule has 0 spiro atoms. The first kappa shape index (κ1) is 19.6. The summed E-state index contributed by atoms with van der Waals surface area (Å²) in [5.41, 5.74) is -1.32. The van der Waals surface area contributed by atoms with Crippen LogP contribution in [0, 0.1) is 0 Å². The van der Waals surface area contributed by atoms with Crippen molar-refractivity contribution in [3.05, 3.63) is 48.0 Å². The van der Waals surface area contributed by atoms with Crippen LogP contribution in [0.1, 0.15) is 12.5 Å². The predicted molar refractivity (Wildman–Crippen MR) is 88.0 cm³/mol. The van der Waals surface area contributed by atoms with Crippen LogP contribution in [-0.4, -0.2) is 21.4 Å². The quantitative estimate of drug-likeness (QED) is 0.631. The van der Waals surface area contributed by atoms with Crippen LogP contribution in [0.25, 0.3) is 0 Å². The number of aliphatic imine (C=N–C) groups is 1. The third-order valence-electron chi connectivity index (χ3n) is 3.20. The molecule has 2 aromatic rings. The highest BCUT2D eigenvalue weighted by molar-refractivity contribution is 7.92. The Hall–Kier alpha value is -2.75. The van der Waals surface area contributed by atoms with Crippen LogP contribution in [0.3, 0.4) is 0 Å². The number of ether oxygens (including phenoxy) is 1. The molecule has 0 fully saturated rings. The standard InChI is InChI=1S/C16H15F3N2O4S/c1-10(22)20-11-7-8-14(25-2)13(9-11)21-26(23,24)15-6-4-3-5-12(15)16(17,18)19/h3-9,21H,1-2H3,(H,20,22)/p-1. The Morgan fingerprint density at radius 2 is 1.85 bits per heavy atom. The molecule has 0 saturated carbocycles. The molecule has 0 aliphatic rings. The second-order valence-corrected chi connectivity index (χ2v) is 6.77. The number of nitrogens with one attached hydrogen (secondary N) is 1. The summed E-state index contributed by atoms with van der Waals surface area (Å²) in [6.07, 6.45) is -4.85. The van der Waals surface area contributed by atoms with Crippen LogP contribution < -0.4 is 14.6 Å². The van der Waals surface area contributed by atoms with Crippen molar-refractivity contribution in [1.29, 1.82) is 0 Å². The molecule has 0 radical (unpaired) electrons. The maximum Gasteiger partial charge on any atom is 0.417 e. The predicted octanol–water partition coefficient (Wildman–Crippen LogP) is 2.93. The lowest BCUT2D eigenvalue weighted by atomic mass is 10.2. The first-order chi connectivity index (χ1) is 12.0. The summed E-state index contributed by atoms with van der Waals surface area (Å²) in [4.78, 5) is 2.72. The topological polar surface area (TPSA) is 90.8 Å². The van der Waals surface area contributed by atoms with Crippen LogP contribution in [0.2, 0.25) is 0 Å². The van der Waals surface area contributed by atoms with E-state index in [1.165, 1.54) is 38.3 Å². The van der Waals surface area contributed by atoms with Gasteiger partial charge in [-0.25, -0.2) is 8.42 Å². The number of benzene rings is 2. The highest BCUT2D eigenvalue weighted by Crippen LogP contribution is 2.36. The molecule has 0 saturated heterocycles. The number of alkyl halides is 3. The van der Waals surface area contributed by atoms with Crippen molar-refractivity contribution >= 4 is 27.3 Å². The first-order valence-electron chi connectivity index (χ1n) is 7.14. The third kappa shape index (κ3) is 4.45. The fraction of sp³-hybridized carbons (Fsp3) is 0.188. The Labute approximate surface area is 148 Å². The van der Waals surface area contributed by atoms with Crippen LogP contribution in [-0.2, 0) is 16.2 Å². The van der Waals surface area contributed by atoms with Gasteiger partial charge in [0.05, 0.1) is 28.9 Å². The molecule has 0 unspecified atom stereocenters. The van der Waals surface area contributed by atoms with Crippen molar-refractivity contribution in [3.8, 4) is 5.75 Å². The average molecular weight is 387 g/mol. The maximum absolute atomic E-state index is 13.1. The van der Waals surface area contributed by atoms with E-state index in [2.05, 4.69) is 9.71 Å². The van der Waals surface area contributed by atoms with Gasteiger partial charge in [-0.1, -0.05) is 12.1 Å². The molecule has 140 valence electrons. The lowest BCUT2D eigenvalue weighted by molar-refractivity contribution is -0.215. The normalized spacial score (nSPS) is 12.7. The second kappa shape index (κ2) is 7.24. The first-order valence-corrected chi connectivity index (χ1v) is 8.62. The molecule has 0 atom stereocenters. The minimum atomic E-state index is -4.85. The van der Waals surface area contributed by atoms with E-state index in [0.29, 0.717) is 6.07 Å². The van der Waals surface area contributed by atoms with Crippen LogP contribution in [0.4, 0.5) is 24.5 Å². The summed E-state index contributed by atoms with van der Waals surface area (Å²) >= 11 is 0. The molecule has 6 nitrogen and oxygen atoms in total. The fourth-order valence-corrected chi connectivity index (χ4v) is 3.45. The van der Waals surface area contributed by atoms with E-state index in [1.807, 2.05) is 0 Å². The largest absolute Gasteiger partial charge is 0.862 e. The molecule has 0 aliphatic carbocycles. The Kier molecular flexibility index (Phi) is 5.45. The number of anilines is 1. The summed E-state index contributed by atoms with van der Waals surface area (Å²) in [7, 11) is -3.32. The van der Waals surface area contributed by atoms with Gasteiger partial charge in [0.25, 0.3) is 10.0 Å². The van der Waals surface area contributed by atoms with Crippen molar-refractivity contribution in [3.63, 3.8) is 0 Å². The van der Waals surface area contributed by atoms with Gasteiger partial charge in [-0.15, -0.1) is 0 Å². The van der Waals surface area contributed by atoms with Crippen LogP contribution >= 0.6 is 0 Å². The van der Waals surface area contributed by atoms with Crippen LogP contribution in [0.15, 0.2) is 52.4 Å². The van der Waals surface area contributed by atoms with Crippen molar-refractivity contribution in [2.24, 2.45) is 4.99 Å². The Balaban J connectivity index is 2.53. The van der Waals surface area contributed by atoms with Gasteiger partial charge in [0.1, 0.15) is 5.75 Å². The average Bonchev–Trinajstić information content (AvgIpc) is 2.53. The van der Waals surface area contributed by atoms with Crippen molar-refractivity contribution in [1.82, 2.24) is 0 Å². The van der Waals surface area contributed by atoms with Crippen molar-refractivity contribution in [2.75, 3.05) is 11.8 Å². The van der Waals surface area contributed by atoms with Gasteiger partial charge in [-0.2, -0.15) is 13.2 Å². The minimum Gasteiger partial charge on any atom is -0.862 e. The van der Waals surface area contributed by atoms with E-state index >= 15 is 0 Å². The zero-order valence-electron chi connectivity index (χ0n) is 13.7. The lowest BCUT2D eigenvalue weighted by Crippen LogP contribution is -2.19. The molecule has 0 heterocycles. The molecule has 1 N–H and O–H groups in total. The van der Waals surface area contributed by atoms with Gasteiger partial charge >= 0.3 is 6.18 Å². The molecule has 0 aliphatic heterocycles. The van der Waals surface area contributed by atoms with E-state index in [-0.39, 0.29) is 17.1 Å². The minimum absolute atomic E-state index is 0.0561. The number of methoxy groups -OCH3 is 1. The van der Waals surface area contributed by atoms with E-state index < -0.39 is 32.6 Å². The Bertz CT molecular complexity index is 937. The molecule has 0 aromatic heterocycles. The molecule has 2 aromatic carbocycles. The zero-order valence-corrected chi connectivity index (χ0v) is 14.5. The molecule has 2 rings (SSSR count). The third-order valence-corrected chi connectivity index (χ3v) is 4.62. The summed E-state index contributed by atoms with van der Waals surface area (Å²) in [6, 6.07) is 7.73. The number of nitrogens with zero attached hydrogens (tertiary/aromatic N) is 1. The van der Waals surface area contributed by atoms with Crippen LogP contribution in [0.5, 0.6) is 5.75 Å². The molecule has 10 heteroatoms.